The molecule has 116 valence electrons. The van der Waals surface area contributed by atoms with Crippen LogP contribution in [-0.4, -0.2) is 41.1 Å². The zero-order valence-corrected chi connectivity index (χ0v) is 12.9. The lowest BCUT2D eigenvalue weighted by atomic mass is 10.0. The molecule has 1 rings (SSSR count). The molecule has 0 radical (unpaired) electrons. The van der Waals surface area contributed by atoms with E-state index < -0.39 is 11.9 Å². The first-order chi connectivity index (χ1) is 9.53. The number of carbonyl (C=O) groups is 2. The molecule has 2 amide bonds. The zero-order chi connectivity index (χ0) is 15.1. The van der Waals surface area contributed by atoms with Gasteiger partial charge in [-0.3, -0.25) is 4.79 Å². The van der Waals surface area contributed by atoms with Crippen LogP contribution in [0.15, 0.2) is 0 Å². The van der Waals surface area contributed by atoms with E-state index in [1.165, 1.54) is 0 Å². The van der Waals surface area contributed by atoms with Crippen molar-refractivity contribution in [2.45, 2.75) is 58.9 Å². The molecule has 0 aromatic carbocycles. The molecule has 0 spiro atoms. The monoisotopic (exact) mass is 284 g/mol. The van der Waals surface area contributed by atoms with Gasteiger partial charge in [0, 0.05) is 19.1 Å². The first-order valence-electron chi connectivity index (χ1n) is 7.81. The summed E-state index contributed by atoms with van der Waals surface area (Å²) in [6.07, 6.45) is 4.42. The van der Waals surface area contributed by atoms with Crippen molar-refractivity contribution in [2.24, 2.45) is 11.8 Å². The number of hydrogen-bond donors (Lipinski definition) is 2. The van der Waals surface area contributed by atoms with Crippen molar-refractivity contribution in [3.63, 3.8) is 0 Å². The predicted octanol–water partition coefficient (Wildman–Crippen LogP) is 2.71. The summed E-state index contributed by atoms with van der Waals surface area (Å²) in [5, 5.41) is 12.1. The average molecular weight is 284 g/mol. The molecule has 1 saturated carbocycles. The van der Waals surface area contributed by atoms with E-state index in [9.17, 15) is 9.59 Å². The molecule has 5 heteroatoms. The van der Waals surface area contributed by atoms with Crippen molar-refractivity contribution < 1.29 is 14.7 Å². The Bertz CT molecular complexity index is 329. The molecule has 0 aromatic heterocycles. The highest BCUT2D eigenvalue weighted by molar-refractivity contribution is 5.77. The van der Waals surface area contributed by atoms with E-state index in [4.69, 9.17) is 5.11 Å². The van der Waals surface area contributed by atoms with Crippen molar-refractivity contribution in [1.29, 1.82) is 0 Å². The van der Waals surface area contributed by atoms with Crippen LogP contribution in [0.5, 0.6) is 0 Å². The van der Waals surface area contributed by atoms with E-state index in [-0.39, 0.29) is 12.1 Å². The van der Waals surface area contributed by atoms with E-state index in [0.717, 1.165) is 32.2 Å². The van der Waals surface area contributed by atoms with Crippen LogP contribution in [0, 0.1) is 11.8 Å². The number of carboxylic acid groups (broad SMARTS) is 1. The maximum Gasteiger partial charge on any atom is 0.317 e. The smallest absolute Gasteiger partial charge is 0.317 e. The molecule has 2 atom stereocenters. The molecule has 1 aliphatic rings. The van der Waals surface area contributed by atoms with Crippen molar-refractivity contribution in [3.8, 4) is 0 Å². The number of aliphatic carboxylic acids is 1. The van der Waals surface area contributed by atoms with Crippen molar-refractivity contribution in [3.05, 3.63) is 0 Å². The first-order valence-corrected chi connectivity index (χ1v) is 7.81. The van der Waals surface area contributed by atoms with Crippen LogP contribution in [-0.2, 0) is 4.79 Å². The molecule has 1 fully saturated rings. The SMILES string of the molecule is CCC(CC)CN(CC)C(=O)NC1CCCC1C(=O)O. The van der Waals surface area contributed by atoms with Gasteiger partial charge in [-0.2, -0.15) is 0 Å². The standard InChI is InChI=1S/C15H28N2O3/c1-4-11(5-2)10-17(6-3)15(20)16-13-9-7-8-12(13)14(18)19/h11-13H,4-10H2,1-3H3,(H,16,20)(H,18,19). The lowest BCUT2D eigenvalue weighted by molar-refractivity contribution is -0.142. The Kier molecular flexibility index (Phi) is 6.82. The van der Waals surface area contributed by atoms with Gasteiger partial charge in [-0.25, -0.2) is 4.79 Å². The number of carboxylic acids is 1. The molecule has 2 N–H and O–H groups in total. The third-order valence-electron chi connectivity index (χ3n) is 4.44. The highest BCUT2D eigenvalue weighted by Crippen LogP contribution is 2.26. The summed E-state index contributed by atoms with van der Waals surface area (Å²) in [6.45, 7) is 7.65. The Balaban J connectivity index is 2.56. The van der Waals surface area contributed by atoms with Gasteiger partial charge in [0.1, 0.15) is 0 Å². The molecule has 2 unspecified atom stereocenters. The van der Waals surface area contributed by atoms with Crippen LogP contribution in [0.3, 0.4) is 0 Å². The van der Waals surface area contributed by atoms with E-state index in [2.05, 4.69) is 19.2 Å². The Morgan fingerprint density at radius 3 is 2.40 bits per heavy atom. The van der Waals surface area contributed by atoms with Crippen molar-refractivity contribution in [1.82, 2.24) is 10.2 Å². The molecule has 20 heavy (non-hydrogen) atoms. The number of rotatable bonds is 7. The summed E-state index contributed by atoms with van der Waals surface area (Å²) in [7, 11) is 0. The summed E-state index contributed by atoms with van der Waals surface area (Å²) in [5.41, 5.74) is 0. The van der Waals surface area contributed by atoms with Crippen LogP contribution < -0.4 is 5.32 Å². The number of urea groups is 1. The molecular weight excluding hydrogens is 256 g/mol. The predicted molar refractivity (Wildman–Crippen MR) is 78.6 cm³/mol. The molecular formula is C15H28N2O3. The molecule has 1 aliphatic carbocycles. The van der Waals surface area contributed by atoms with Gasteiger partial charge in [0.05, 0.1) is 5.92 Å². The molecule has 0 bridgehead atoms. The largest absolute Gasteiger partial charge is 0.481 e. The van der Waals surface area contributed by atoms with Gasteiger partial charge in [-0.15, -0.1) is 0 Å². The summed E-state index contributed by atoms with van der Waals surface area (Å²) < 4.78 is 0. The number of carbonyl (C=O) groups excluding carboxylic acids is 1. The van der Waals surface area contributed by atoms with Gasteiger partial charge in [0.25, 0.3) is 0 Å². The van der Waals surface area contributed by atoms with E-state index >= 15 is 0 Å². The first kappa shape index (κ1) is 16.8. The van der Waals surface area contributed by atoms with Crippen molar-refractivity contribution in [2.75, 3.05) is 13.1 Å². The van der Waals surface area contributed by atoms with Crippen LogP contribution >= 0.6 is 0 Å². The van der Waals surface area contributed by atoms with Gasteiger partial charge >= 0.3 is 12.0 Å². The van der Waals surface area contributed by atoms with E-state index in [1.807, 2.05) is 6.92 Å². The zero-order valence-electron chi connectivity index (χ0n) is 12.9. The number of amides is 2. The topological polar surface area (TPSA) is 69.6 Å². The molecule has 0 aromatic rings. The van der Waals surface area contributed by atoms with Crippen molar-refractivity contribution >= 4 is 12.0 Å². The van der Waals surface area contributed by atoms with Crippen LogP contribution in [0.2, 0.25) is 0 Å². The lowest BCUT2D eigenvalue weighted by Crippen LogP contribution is -2.48. The average Bonchev–Trinajstić information content (AvgIpc) is 2.88. The fourth-order valence-electron chi connectivity index (χ4n) is 2.89. The number of nitrogens with zero attached hydrogens (tertiary/aromatic N) is 1. The number of nitrogens with one attached hydrogen (secondary N) is 1. The van der Waals surface area contributed by atoms with Gasteiger partial charge < -0.3 is 15.3 Å². The second-order valence-electron chi connectivity index (χ2n) is 5.65. The third kappa shape index (κ3) is 4.39. The second kappa shape index (κ2) is 8.12. The summed E-state index contributed by atoms with van der Waals surface area (Å²) in [5.74, 6) is -0.707. The minimum Gasteiger partial charge on any atom is -0.481 e. The highest BCUT2D eigenvalue weighted by atomic mass is 16.4. The van der Waals surface area contributed by atoms with Gasteiger partial charge in [0.2, 0.25) is 0 Å². The van der Waals surface area contributed by atoms with Gasteiger partial charge in [-0.1, -0.05) is 33.1 Å². The molecule has 0 heterocycles. The van der Waals surface area contributed by atoms with Gasteiger partial charge in [-0.05, 0) is 25.7 Å². The Morgan fingerprint density at radius 1 is 1.25 bits per heavy atom. The Labute approximate surface area is 121 Å². The maximum atomic E-state index is 12.3. The fourth-order valence-corrected chi connectivity index (χ4v) is 2.89. The van der Waals surface area contributed by atoms with Crippen LogP contribution in [0.4, 0.5) is 4.79 Å². The van der Waals surface area contributed by atoms with Crippen LogP contribution in [0.25, 0.3) is 0 Å². The van der Waals surface area contributed by atoms with Gasteiger partial charge in [0.15, 0.2) is 0 Å². The Hall–Kier alpha value is -1.26. The third-order valence-corrected chi connectivity index (χ3v) is 4.44. The summed E-state index contributed by atoms with van der Waals surface area (Å²) >= 11 is 0. The highest BCUT2D eigenvalue weighted by Gasteiger charge is 2.34. The van der Waals surface area contributed by atoms with Crippen LogP contribution in [0.1, 0.15) is 52.9 Å². The summed E-state index contributed by atoms with van der Waals surface area (Å²) in [4.78, 5) is 25.2. The molecule has 0 aliphatic heterocycles. The normalized spacial score (nSPS) is 22.0. The second-order valence-corrected chi connectivity index (χ2v) is 5.65. The van der Waals surface area contributed by atoms with E-state index in [0.29, 0.717) is 18.9 Å². The minimum absolute atomic E-state index is 0.113. The maximum absolute atomic E-state index is 12.3. The van der Waals surface area contributed by atoms with E-state index in [1.54, 1.807) is 4.90 Å². The molecule has 5 nitrogen and oxygen atoms in total. The molecule has 0 saturated heterocycles. The fraction of sp³-hybridized carbons (Fsp3) is 0.867. The Morgan fingerprint density at radius 2 is 1.90 bits per heavy atom. The summed E-state index contributed by atoms with van der Waals surface area (Å²) in [6, 6.07) is -0.326. The minimum atomic E-state index is -0.796. The number of hydrogen-bond acceptors (Lipinski definition) is 2. The lowest BCUT2D eigenvalue weighted by Gasteiger charge is -2.28. The quantitative estimate of drug-likeness (QED) is 0.755.